The van der Waals surface area contributed by atoms with Crippen molar-refractivity contribution in [2.75, 3.05) is 7.05 Å². The molecule has 7 heteroatoms. The number of nitrogens with zero attached hydrogens (tertiary/aromatic N) is 1. The minimum Gasteiger partial charge on any atom is -0.511 e. The highest BCUT2D eigenvalue weighted by molar-refractivity contribution is 6.26. The van der Waals surface area contributed by atoms with Crippen LogP contribution in [-0.2, 0) is 14.4 Å². The van der Waals surface area contributed by atoms with Crippen LogP contribution < -0.4 is 0 Å². The molecule has 3 aliphatic rings. The standard InChI is InChI=1S/C26H37NO6/c1-7-13(2)18-15(4)11-16-10-8-9-14(3)19(16)20(18)23(29)21-22(28)17(27(6)24(21)30)12-26(5,33)25(31)32/h7,11,14,16-20,29,33H,8-10,12H2,1-6H3,(H,31,32). The first-order chi connectivity index (χ1) is 15.3. The van der Waals surface area contributed by atoms with E-state index in [0.717, 1.165) is 42.2 Å². The first-order valence-corrected chi connectivity index (χ1v) is 11.8. The maximum Gasteiger partial charge on any atom is 0.335 e. The SMILES string of the molecule is CC=C(C)C1C(C)=CC2CCCC(C)C2C1C(O)=C1C(=O)C(CC(C)(O)C(=O)O)N(C)C1=O. The summed E-state index contributed by atoms with van der Waals surface area (Å²) in [7, 11) is 1.41. The molecule has 7 nitrogen and oxygen atoms in total. The van der Waals surface area contributed by atoms with Crippen LogP contribution in [0.5, 0.6) is 0 Å². The Hall–Kier alpha value is -2.41. The third-order valence-corrected chi connectivity index (χ3v) is 8.21. The molecule has 1 saturated carbocycles. The molecule has 3 rings (SSSR count). The molecule has 33 heavy (non-hydrogen) atoms. The van der Waals surface area contributed by atoms with Crippen LogP contribution >= 0.6 is 0 Å². The normalized spacial score (nSPS) is 36.3. The Labute approximate surface area is 195 Å². The number of aliphatic hydroxyl groups is 2. The van der Waals surface area contributed by atoms with Gasteiger partial charge in [-0.25, -0.2) is 4.79 Å². The minimum absolute atomic E-state index is 0.0990. The highest BCUT2D eigenvalue weighted by Gasteiger charge is 2.52. The van der Waals surface area contributed by atoms with Gasteiger partial charge in [-0.15, -0.1) is 0 Å². The topological polar surface area (TPSA) is 115 Å². The first-order valence-electron chi connectivity index (χ1n) is 11.8. The zero-order chi connectivity index (χ0) is 24.8. The molecule has 0 spiro atoms. The predicted molar refractivity (Wildman–Crippen MR) is 124 cm³/mol. The number of likely N-dealkylation sites (tertiary alicyclic amines) is 1. The van der Waals surface area contributed by atoms with Crippen LogP contribution in [0.2, 0.25) is 0 Å². The number of likely N-dealkylation sites (N-methyl/N-ethyl adjacent to an activating group) is 1. The van der Waals surface area contributed by atoms with Crippen molar-refractivity contribution >= 4 is 17.7 Å². The summed E-state index contributed by atoms with van der Waals surface area (Å²) in [6, 6.07) is -1.14. The van der Waals surface area contributed by atoms with Gasteiger partial charge in [0.25, 0.3) is 5.91 Å². The van der Waals surface area contributed by atoms with Gasteiger partial charge in [0, 0.05) is 25.3 Å². The van der Waals surface area contributed by atoms with Crippen LogP contribution in [0.4, 0.5) is 0 Å². The lowest BCUT2D eigenvalue weighted by Crippen LogP contribution is -2.44. The Morgan fingerprint density at radius 3 is 2.48 bits per heavy atom. The van der Waals surface area contributed by atoms with Crippen LogP contribution in [0, 0.1) is 29.6 Å². The Kier molecular flexibility index (Phi) is 6.94. The number of carbonyl (C=O) groups is 3. The second kappa shape index (κ2) is 9.09. The van der Waals surface area contributed by atoms with E-state index in [1.807, 2.05) is 19.9 Å². The molecule has 1 heterocycles. The van der Waals surface area contributed by atoms with Gasteiger partial charge in [-0.3, -0.25) is 9.59 Å². The lowest BCUT2D eigenvalue weighted by Gasteiger charge is -2.47. The van der Waals surface area contributed by atoms with Crippen molar-refractivity contribution < 1.29 is 29.7 Å². The van der Waals surface area contributed by atoms with Gasteiger partial charge in [0.05, 0.1) is 6.04 Å². The molecule has 0 radical (unpaired) electrons. The van der Waals surface area contributed by atoms with Gasteiger partial charge in [-0.1, -0.05) is 43.1 Å². The molecule has 0 bridgehead atoms. The first kappa shape index (κ1) is 25.2. The van der Waals surface area contributed by atoms with Crippen molar-refractivity contribution in [2.24, 2.45) is 29.6 Å². The lowest BCUT2D eigenvalue weighted by molar-refractivity contribution is -0.159. The fourth-order valence-electron chi connectivity index (χ4n) is 6.27. The summed E-state index contributed by atoms with van der Waals surface area (Å²) >= 11 is 0. The molecule has 3 N–H and O–H groups in total. The molecule has 2 aliphatic carbocycles. The van der Waals surface area contributed by atoms with E-state index in [9.17, 15) is 29.7 Å². The molecule has 1 saturated heterocycles. The Morgan fingerprint density at radius 1 is 1.27 bits per heavy atom. The van der Waals surface area contributed by atoms with Gasteiger partial charge in [-0.05, 0) is 51.9 Å². The molecule has 1 amide bonds. The predicted octanol–water partition coefficient (Wildman–Crippen LogP) is 3.64. The maximum absolute atomic E-state index is 13.4. The van der Waals surface area contributed by atoms with Crippen molar-refractivity contribution in [3.63, 3.8) is 0 Å². The lowest BCUT2D eigenvalue weighted by atomic mass is 9.57. The van der Waals surface area contributed by atoms with Crippen LogP contribution in [0.1, 0.15) is 60.3 Å². The monoisotopic (exact) mass is 459 g/mol. The number of amides is 1. The molecule has 1 aliphatic heterocycles. The number of hydrogen-bond donors (Lipinski definition) is 3. The van der Waals surface area contributed by atoms with Crippen molar-refractivity contribution in [1.29, 1.82) is 0 Å². The van der Waals surface area contributed by atoms with Crippen molar-refractivity contribution in [3.8, 4) is 0 Å². The zero-order valence-electron chi connectivity index (χ0n) is 20.5. The summed E-state index contributed by atoms with van der Waals surface area (Å²) in [6.07, 6.45) is 7.03. The number of allylic oxidation sites excluding steroid dienone is 5. The summed E-state index contributed by atoms with van der Waals surface area (Å²) in [5, 5.41) is 31.2. The fraction of sp³-hybridized carbons (Fsp3) is 0.654. The summed E-state index contributed by atoms with van der Waals surface area (Å²) in [4.78, 5) is 39.1. The highest BCUT2D eigenvalue weighted by Crippen LogP contribution is 2.53. The third kappa shape index (κ3) is 4.27. The Bertz CT molecular complexity index is 942. The number of carbonyl (C=O) groups excluding carboxylic acids is 2. The molecule has 0 aromatic rings. The number of hydrogen-bond acceptors (Lipinski definition) is 5. The van der Waals surface area contributed by atoms with E-state index in [4.69, 9.17) is 0 Å². The summed E-state index contributed by atoms with van der Waals surface area (Å²) in [6.45, 7) is 9.30. The smallest absolute Gasteiger partial charge is 0.335 e. The minimum atomic E-state index is -2.17. The van der Waals surface area contributed by atoms with Gasteiger partial charge < -0.3 is 20.2 Å². The molecule has 7 unspecified atom stereocenters. The number of rotatable bonds is 5. The summed E-state index contributed by atoms with van der Waals surface area (Å²) < 4.78 is 0. The Balaban J connectivity index is 2.12. The van der Waals surface area contributed by atoms with Gasteiger partial charge in [0.2, 0.25) is 0 Å². The van der Waals surface area contributed by atoms with E-state index >= 15 is 0 Å². The van der Waals surface area contributed by atoms with E-state index in [2.05, 4.69) is 19.9 Å². The number of carboxylic acid groups (broad SMARTS) is 1. The highest BCUT2D eigenvalue weighted by atomic mass is 16.4. The van der Waals surface area contributed by atoms with Crippen LogP contribution in [0.15, 0.2) is 34.6 Å². The molecule has 0 aromatic heterocycles. The molecular formula is C26H37NO6. The summed E-state index contributed by atoms with van der Waals surface area (Å²) in [5.41, 5.74) is -0.214. The molecular weight excluding hydrogens is 422 g/mol. The van der Waals surface area contributed by atoms with Gasteiger partial charge in [0.1, 0.15) is 11.3 Å². The van der Waals surface area contributed by atoms with Crippen molar-refractivity contribution in [2.45, 2.75) is 71.9 Å². The van der Waals surface area contributed by atoms with E-state index in [1.165, 1.54) is 7.05 Å². The second-order valence-electron chi connectivity index (χ2n) is 10.4. The van der Waals surface area contributed by atoms with Gasteiger partial charge in [-0.2, -0.15) is 0 Å². The average molecular weight is 460 g/mol. The van der Waals surface area contributed by atoms with E-state index < -0.39 is 41.6 Å². The number of Topliss-reactive ketones (excluding diaryl/α,β-unsaturated/α-hetero) is 1. The van der Waals surface area contributed by atoms with Crippen LogP contribution in [-0.4, -0.2) is 56.6 Å². The number of aliphatic hydroxyl groups excluding tert-OH is 1. The van der Waals surface area contributed by atoms with Gasteiger partial charge >= 0.3 is 5.97 Å². The maximum atomic E-state index is 13.4. The number of aliphatic carboxylic acids is 1. The number of fused-ring (bicyclic) bond motifs is 1. The molecule has 2 fully saturated rings. The largest absolute Gasteiger partial charge is 0.511 e. The molecule has 182 valence electrons. The van der Waals surface area contributed by atoms with E-state index in [1.54, 1.807) is 0 Å². The average Bonchev–Trinajstić information content (AvgIpc) is 2.94. The third-order valence-electron chi connectivity index (χ3n) is 8.21. The molecule has 0 aromatic carbocycles. The molecule has 7 atom stereocenters. The second-order valence-corrected chi connectivity index (χ2v) is 10.4. The van der Waals surface area contributed by atoms with E-state index in [0.29, 0.717) is 5.92 Å². The van der Waals surface area contributed by atoms with E-state index in [-0.39, 0.29) is 29.1 Å². The van der Waals surface area contributed by atoms with Crippen LogP contribution in [0.3, 0.4) is 0 Å². The van der Waals surface area contributed by atoms with Crippen molar-refractivity contribution in [1.82, 2.24) is 4.90 Å². The van der Waals surface area contributed by atoms with Crippen LogP contribution in [0.25, 0.3) is 0 Å². The van der Waals surface area contributed by atoms with Gasteiger partial charge in [0.15, 0.2) is 11.4 Å². The fourth-order valence-corrected chi connectivity index (χ4v) is 6.27. The quantitative estimate of drug-likeness (QED) is 0.250. The number of ketones is 1. The number of carboxylic acids is 1. The zero-order valence-corrected chi connectivity index (χ0v) is 20.5. The Morgan fingerprint density at radius 2 is 1.91 bits per heavy atom. The summed E-state index contributed by atoms with van der Waals surface area (Å²) in [5.74, 6) is -2.71. The van der Waals surface area contributed by atoms with Crippen molar-refractivity contribution in [3.05, 3.63) is 34.6 Å².